The zero-order valence-corrected chi connectivity index (χ0v) is 14.4. The molecule has 0 amide bonds. The Kier molecular flexibility index (Phi) is 4.72. The summed E-state index contributed by atoms with van der Waals surface area (Å²) in [5, 5.41) is 1.77. The second-order valence-electron chi connectivity index (χ2n) is 5.21. The highest BCUT2D eigenvalue weighted by atomic mass is 79.9. The van der Waals surface area contributed by atoms with Crippen molar-refractivity contribution in [3.63, 3.8) is 0 Å². The molecule has 0 spiro atoms. The van der Waals surface area contributed by atoms with E-state index in [0.717, 1.165) is 12.8 Å². The first-order chi connectivity index (χ1) is 8.87. The molecule has 1 fully saturated rings. The average Bonchev–Trinajstić information content (AvgIpc) is 2.96. The van der Waals surface area contributed by atoms with Crippen molar-refractivity contribution in [3.05, 3.63) is 15.9 Å². The molecule has 1 saturated carbocycles. The van der Waals surface area contributed by atoms with E-state index in [4.69, 9.17) is 0 Å². The minimum atomic E-state index is -3.41. The first kappa shape index (κ1) is 15.4. The number of rotatable bonds is 5. The van der Waals surface area contributed by atoms with Gasteiger partial charge in [0, 0.05) is 16.6 Å². The second-order valence-corrected chi connectivity index (χ2v) is 8.94. The molecule has 0 bridgehead atoms. The van der Waals surface area contributed by atoms with Crippen LogP contribution in [0.2, 0.25) is 0 Å². The predicted octanol–water partition coefficient (Wildman–Crippen LogP) is 2.66. The summed E-state index contributed by atoms with van der Waals surface area (Å²) in [7, 11) is 0.645. The molecule has 1 aliphatic carbocycles. The van der Waals surface area contributed by atoms with Crippen LogP contribution in [0.4, 0.5) is 0 Å². The minimum absolute atomic E-state index is 0.0309. The highest BCUT2D eigenvalue weighted by molar-refractivity contribution is 9.10. The van der Waals surface area contributed by atoms with Crippen LogP contribution in [0.15, 0.2) is 20.1 Å². The molecule has 4 nitrogen and oxygen atoms in total. The Morgan fingerprint density at radius 1 is 1.42 bits per heavy atom. The average molecular weight is 367 g/mol. The number of hydrogen-bond donors (Lipinski definition) is 1. The van der Waals surface area contributed by atoms with Crippen molar-refractivity contribution < 1.29 is 8.42 Å². The molecule has 1 aromatic rings. The summed E-state index contributed by atoms with van der Waals surface area (Å²) in [6, 6.07) is 1.76. The topological polar surface area (TPSA) is 49.4 Å². The lowest BCUT2D eigenvalue weighted by Crippen LogP contribution is -2.50. The van der Waals surface area contributed by atoms with Gasteiger partial charge in [0.25, 0.3) is 10.0 Å². The van der Waals surface area contributed by atoms with Crippen molar-refractivity contribution in [1.29, 1.82) is 0 Å². The fourth-order valence-corrected chi connectivity index (χ4v) is 6.08. The highest BCUT2D eigenvalue weighted by Gasteiger charge is 2.37. The van der Waals surface area contributed by atoms with Gasteiger partial charge < -0.3 is 4.90 Å². The lowest BCUT2D eigenvalue weighted by atomic mass is 9.97. The molecule has 0 unspecified atom stereocenters. The Balaban J connectivity index is 2.12. The number of nitrogens with zero attached hydrogens (tertiary/aromatic N) is 1. The molecule has 0 saturated heterocycles. The van der Waals surface area contributed by atoms with E-state index >= 15 is 0 Å². The fraction of sp³-hybridized carbons (Fsp3) is 0.667. The van der Waals surface area contributed by atoms with E-state index in [9.17, 15) is 8.42 Å². The molecular formula is C12H19BrN2O2S2. The van der Waals surface area contributed by atoms with Gasteiger partial charge in [0.15, 0.2) is 0 Å². The zero-order chi connectivity index (χ0) is 14.1. The van der Waals surface area contributed by atoms with Crippen molar-refractivity contribution in [2.75, 3.05) is 20.6 Å². The van der Waals surface area contributed by atoms with Crippen LogP contribution in [0.25, 0.3) is 0 Å². The normalized spacial score (nSPS) is 19.2. The zero-order valence-electron chi connectivity index (χ0n) is 11.1. The van der Waals surface area contributed by atoms with Gasteiger partial charge in [-0.05, 0) is 54.3 Å². The number of thiophene rings is 1. The van der Waals surface area contributed by atoms with Crippen LogP contribution in [-0.2, 0) is 10.0 Å². The third-order valence-electron chi connectivity index (χ3n) is 3.90. The number of sulfonamides is 1. The molecule has 19 heavy (non-hydrogen) atoms. The molecule has 7 heteroatoms. The molecule has 0 radical (unpaired) electrons. The quantitative estimate of drug-likeness (QED) is 0.871. The van der Waals surface area contributed by atoms with Gasteiger partial charge in [-0.15, -0.1) is 11.3 Å². The van der Waals surface area contributed by atoms with E-state index in [1.54, 1.807) is 11.4 Å². The molecule has 1 aliphatic rings. The van der Waals surface area contributed by atoms with Crippen molar-refractivity contribution >= 4 is 37.3 Å². The summed E-state index contributed by atoms with van der Waals surface area (Å²) in [6.45, 7) is 0.479. The second kappa shape index (κ2) is 5.81. The maximum Gasteiger partial charge on any atom is 0.251 e. The number of hydrogen-bond acceptors (Lipinski definition) is 4. The van der Waals surface area contributed by atoms with Crippen LogP contribution < -0.4 is 4.72 Å². The van der Waals surface area contributed by atoms with Crippen molar-refractivity contribution in [3.8, 4) is 0 Å². The molecule has 2 rings (SSSR count). The smallest absolute Gasteiger partial charge is 0.251 e. The highest BCUT2D eigenvalue weighted by Crippen LogP contribution is 2.34. The maximum absolute atomic E-state index is 12.3. The van der Waals surface area contributed by atoms with Gasteiger partial charge >= 0.3 is 0 Å². The number of likely N-dealkylation sites (N-methyl/N-ethyl adjacent to an activating group) is 1. The van der Waals surface area contributed by atoms with Crippen LogP contribution >= 0.6 is 27.3 Å². The first-order valence-corrected chi connectivity index (χ1v) is 9.43. The summed E-state index contributed by atoms with van der Waals surface area (Å²) < 4.78 is 28.3. The lowest BCUT2D eigenvalue weighted by Gasteiger charge is -2.36. The fourth-order valence-electron chi connectivity index (χ4n) is 2.58. The van der Waals surface area contributed by atoms with Gasteiger partial charge in [-0.1, -0.05) is 12.8 Å². The summed E-state index contributed by atoms with van der Waals surface area (Å²) in [6.07, 6.45) is 4.44. The molecule has 1 N–H and O–H groups in total. The Hall–Kier alpha value is 0.0500. The number of nitrogens with one attached hydrogen (secondary N) is 1. The molecule has 108 valence electrons. The van der Waals surface area contributed by atoms with E-state index in [-0.39, 0.29) is 5.54 Å². The van der Waals surface area contributed by atoms with Gasteiger partial charge in [0.05, 0.1) is 0 Å². The van der Waals surface area contributed by atoms with E-state index < -0.39 is 10.0 Å². The first-order valence-electron chi connectivity index (χ1n) is 6.27. The van der Waals surface area contributed by atoms with E-state index in [0.29, 0.717) is 15.2 Å². The van der Waals surface area contributed by atoms with Gasteiger partial charge in [0.1, 0.15) is 4.21 Å². The molecule has 1 heterocycles. The maximum atomic E-state index is 12.3. The molecular weight excluding hydrogens is 348 g/mol. The van der Waals surface area contributed by atoms with Crippen LogP contribution in [0.5, 0.6) is 0 Å². The van der Waals surface area contributed by atoms with Gasteiger partial charge in [0.2, 0.25) is 0 Å². The third-order valence-corrected chi connectivity index (χ3v) is 7.97. The van der Waals surface area contributed by atoms with Gasteiger partial charge in [-0.3, -0.25) is 0 Å². The van der Waals surface area contributed by atoms with Crippen LogP contribution in [0.1, 0.15) is 25.7 Å². The summed E-state index contributed by atoms with van der Waals surface area (Å²) in [5.74, 6) is 0. The Labute approximate surface area is 127 Å². The van der Waals surface area contributed by atoms with E-state index in [1.807, 2.05) is 14.1 Å². The van der Waals surface area contributed by atoms with Crippen LogP contribution in [-0.4, -0.2) is 39.5 Å². The molecule has 0 aliphatic heterocycles. The Bertz CT molecular complexity index is 534. The van der Waals surface area contributed by atoms with E-state index in [2.05, 4.69) is 25.6 Å². The van der Waals surface area contributed by atoms with Crippen molar-refractivity contribution in [2.45, 2.75) is 35.4 Å². The third kappa shape index (κ3) is 3.21. The van der Waals surface area contributed by atoms with Crippen LogP contribution in [0.3, 0.4) is 0 Å². The summed E-state index contributed by atoms with van der Waals surface area (Å²) in [5.41, 5.74) is -0.0309. The minimum Gasteiger partial charge on any atom is -0.302 e. The summed E-state index contributed by atoms with van der Waals surface area (Å²) in [4.78, 5) is 2.16. The largest absolute Gasteiger partial charge is 0.302 e. The van der Waals surface area contributed by atoms with Crippen molar-refractivity contribution in [1.82, 2.24) is 9.62 Å². The monoisotopic (exact) mass is 366 g/mol. The van der Waals surface area contributed by atoms with Gasteiger partial charge in [-0.2, -0.15) is 0 Å². The molecule has 0 atom stereocenters. The van der Waals surface area contributed by atoms with E-state index in [1.165, 1.54) is 24.2 Å². The summed E-state index contributed by atoms with van der Waals surface area (Å²) >= 11 is 4.51. The molecule has 0 aromatic carbocycles. The van der Waals surface area contributed by atoms with Crippen molar-refractivity contribution in [2.24, 2.45) is 0 Å². The Morgan fingerprint density at radius 3 is 2.53 bits per heavy atom. The van der Waals surface area contributed by atoms with Crippen LogP contribution in [0, 0.1) is 0 Å². The Morgan fingerprint density at radius 2 is 2.05 bits per heavy atom. The SMILES string of the molecule is CN(C)C1(CNS(=O)(=O)c2sccc2Br)CCCC1. The number of halogens is 1. The molecule has 1 aromatic heterocycles. The van der Waals surface area contributed by atoms with Gasteiger partial charge in [-0.25, -0.2) is 13.1 Å². The standard InChI is InChI=1S/C12H19BrN2O2S2/c1-15(2)12(6-3-4-7-12)9-14-19(16,17)11-10(13)5-8-18-11/h5,8,14H,3-4,6-7,9H2,1-2H3. The predicted molar refractivity (Wildman–Crippen MR) is 82.1 cm³/mol. The lowest BCUT2D eigenvalue weighted by molar-refractivity contribution is 0.162.